The zero-order valence-electron chi connectivity index (χ0n) is 18.8. The predicted molar refractivity (Wildman–Crippen MR) is 125 cm³/mol. The fourth-order valence-corrected chi connectivity index (χ4v) is 3.71. The van der Waals surface area contributed by atoms with E-state index in [0.29, 0.717) is 30.0 Å². The molecule has 1 amide bonds. The summed E-state index contributed by atoms with van der Waals surface area (Å²) in [5, 5.41) is 2.17. The Morgan fingerprint density at radius 1 is 1.12 bits per heavy atom. The number of terminal acetylenes is 1. The van der Waals surface area contributed by atoms with E-state index in [1.165, 1.54) is 7.11 Å². The highest BCUT2D eigenvalue weighted by molar-refractivity contribution is 7.90. The first-order chi connectivity index (χ1) is 15.2. The number of aryl methyl sites for hydroxylation is 1. The van der Waals surface area contributed by atoms with Gasteiger partial charge in [-0.3, -0.25) is 4.79 Å². The minimum Gasteiger partial charge on any atom is -0.493 e. The third kappa shape index (κ3) is 7.01. The first kappa shape index (κ1) is 25.2. The largest absolute Gasteiger partial charge is 0.493 e. The summed E-state index contributed by atoms with van der Waals surface area (Å²) >= 11 is 0. The molecular weight excluding hydrogens is 428 g/mol. The molecule has 2 rings (SSSR count). The van der Waals surface area contributed by atoms with Crippen molar-refractivity contribution in [3.05, 3.63) is 59.2 Å². The number of hydrogen-bond donors (Lipinski definition) is 2. The molecule has 8 heteroatoms. The van der Waals surface area contributed by atoms with E-state index < -0.39 is 27.2 Å². The van der Waals surface area contributed by atoms with Crippen LogP contribution in [0.1, 0.15) is 36.6 Å². The van der Waals surface area contributed by atoms with Gasteiger partial charge in [-0.1, -0.05) is 41.8 Å². The summed E-state index contributed by atoms with van der Waals surface area (Å²) in [5.41, 5.74) is 2.52. The molecule has 0 aliphatic carbocycles. The van der Waals surface area contributed by atoms with Gasteiger partial charge in [0.2, 0.25) is 15.9 Å². The number of sulfonamides is 1. The Morgan fingerprint density at radius 2 is 1.81 bits per heavy atom. The lowest BCUT2D eigenvalue weighted by atomic mass is 10.1. The Labute approximate surface area is 190 Å². The van der Waals surface area contributed by atoms with E-state index in [1.807, 2.05) is 31.2 Å². The molecule has 0 bridgehead atoms. The topological polar surface area (TPSA) is 93.7 Å². The van der Waals surface area contributed by atoms with E-state index >= 15 is 0 Å². The molecule has 172 valence electrons. The molecular formula is C24H30N2O5S. The Balaban J connectivity index is 2.10. The molecule has 0 aliphatic rings. The highest BCUT2D eigenvalue weighted by Gasteiger charge is 2.27. The maximum absolute atomic E-state index is 12.9. The van der Waals surface area contributed by atoms with Crippen molar-refractivity contribution in [2.75, 3.05) is 20.3 Å². The second kappa shape index (κ2) is 11.6. The Kier molecular flexibility index (Phi) is 9.12. The minimum absolute atomic E-state index is 0.137. The Morgan fingerprint density at radius 3 is 2.41 bits per heavy atom. The van der Waals surface area contributed by atoms with Crippen LogP contribution in [0, 0.1) is 19.3 Å². The van der Waals surface area contributed by atoms with Gasteiger partial charge >= 0.3 is 0 Å². The van der Waals surface area contributed by atoms with Gasteiger partial charge < -0.3 is 14.8 Å². The van der Waals surface area contributed by atoms with Crippen molar-refractivity contribution in [2.24, 2.45) is 0 Å². The van der Waals surface area contributed by atoms with Crippen molar-refractivity contribution >= 4 is 15.9 Å². The highest BCUT2D eigenvalue weighted by atomic mass is 32.2. The standard InChI is InChI=1S/C24H30N2O5S/c1-6-15-31-21-12-9-19(16-22(21)30-5)13-14-25-24(27)23(26-32(28,29)17(2)3)20-10-7-18(4)8-11-20/h1,7-12,16-17,23,26H,13-15H2,2-5H3,(H,25,27). The van der Waals surface area contributed by atoms with Crippen LogP contribution in [0.5, 0.6) is 11.5 Å². The monoisotopic (exact) mass is 458 g/mol. The summed E-state index contributed by atoms with van der Waals surface area (Å²) < 4.78 is 38.2. The summed E-state index contributed by atoms with van der Waals surface area (Å²) in [4.78, 5) is 12.9. The van der Waals surface area contributed by atoms with Crippen molar-refractivity contribution in [2.45, 2.75) is 38.5 Å². The van der Waals surface area contributed by atoms with Crippen LogP contribution in [-0.2, 0) is 21.2 Å². The molecule has 0 aliphatic heterocycles. The molecule has 2 N–H and O–H groups in total. The maximum atomic E-state index is 12.9. The van der Waals surface area contributed by atoms with E-state index in [4.69, 9.17) is 15.9 Å². The molecule has 1 atom stereocenters. The number of carbonyl (C=O) groups is 1. The molecule has 0 fully saturated rings. The summed E-state index contributed by atoms with van der Waals surface area (Å²) in [7, 11) is -2.12. The molecule has 0 spiro atoms. The van der Waals surface area contributed by atoms with Gasteiger partial charge in [0, 0.05) is 6.54 Å². The highest BCUT2D eigenvalue weighted by Crippen LogP contribution is 2.28. The molecule has 0 saturated carbocycles. The van der Waals surface area contributed by atoms with Crippen LogP contribution in [-0.4, -0.2) is 39.8 Å². The number of amides is 1. The fourth-order valence-electron chi connectivity index (χ4n) is 2.87. The number of methoxy groups -OCH3 is 1. The van der Waals surface area contributed by atoms with E-state index in [9.17, 15) is 13.2 Å². The molecule has 7 nitrogen and oxygen atoms in total. The Hall–Kier alpha value is -3.02. The van der Waals surface area contributed by atoms with Crippen LogP contribution in [0.3, 0.4) is 0 Å². The SMILES string of the molecule is C#CCOc1ccc(CCNC(=O)C(NS(=O)(=O)C(C)C)c2ccc(C)cc2)cc1OC. The zero-order valence-corrected chi connectivity index (χ0v) is 19.7. The van der Waals surface area contributed by atoms with Crippen LogP contribution in [0.2, 0.25) is 0 Å². The van der Waals surface area contributed by atoms with Crippen molar-refractivity contribution in [3.63, 3.8) is 0 Å². The van der Waals surface area contributed by atoms with E-state index in [1.54, 1.807) is 32.0 Å². The average Bonchev–Trinajstić information content (AvgIpc) is 2.76. The number of rotatable bonds is 11. The molecule has 2 aromatic carbocycles. The van der Waals surface area contributed by atoms with E-state index in [-0.39, 0.29) is 6.61 Å². The van der Waals surface area contributed by atoms with Crippen LogP contribution in [0.25, 0.3) is 0 Å². The van der Waals surface area contributed by atoms with E-state index in [0.717, 1.165) is 11.1 Å². The predicted octanol–water partition coefficient (Wildman–Crippen LogP) is 2.74. The quantitative estimate of drug-likeness (QED) is 0.505. The number of benzene rings is 2. The molecule has 0 radical (unpaired) electrons. The lowest BCUT2D eigenvalue weighted by Crippen LogP contribution is -2.43. The number of hydrogen-bond acceptors (Lipinski definition) is 5. The molecule has 2 aromatic rings. The lowest BCUT2D eigenvalue weighted by molar-refractivity contribution is -0.122. The zero-order chi connectivity index (χ0) is 23.7. The summed E-state index contributed by atoms with van der Waals surface area (Å²) in [5.74, 6) is 3.08. The van der Waals surface area contributed by atoms with Gasteiger partial charge in [0.15, 0.2) is 11.5 Å². The number of carbonyl (C=O) groups excluding carboxylic acids is 1. The first-order valence-corrected chi connectivity index (χ1v) is 11.8. The average molecular weight is 459 g/mol. The molecule has 1 unspecified atom stereocenters. The molecule has 0 aromatic heterocycles. The van der Waals surface area contributed by atoms with Gasteiger partial charge in [0.1, 0.15) is 12.6 Å². The molecule has 0 heterocycles. The lowest BCUT2D eigenvalue weighted by Gasteiger charge is -2.20. The van der Waals surface area contributed by atoms with Gasteiger partial charge in [-0.05, 0) is 50.5 Å². The number of nitrogens with one attached hydrogen (secondary N) is 2. The minimum atomic E-state index is -3.65. The van der Waals surface area contributed by atoms with Crippen molar-refractivity contribution in [3.8, 4) is 23.8 Å². The maximum Gasteiger partial charge on any atom is 0.242 e. The van der Waals surface area contributed by atoms with E-state index in [2.05, 4.69) is 16.0 Å². The van der Waals surface area contributed by atoms with Gasteiger partial charge in [-0.25, -0.2) is 8.42 Å². The molecule has 0 saturated heterocycles. The van der Waals surface area contributed by atoms with Gasteiger partial charge in [-0.2, -0.15) is 4.72 Å². The van der Waals surface area contributed by atoms with Gasteiger partial charge in [-0.15, -0.1) is 6.42 Å². The second-order valence-electron chi connectivity index (χ2n) is 7.57. The summed E-state index contributed by atoms with van der Waals surface area (Å²) in [6, 6.07) is 11.6. The summed E-state index contributed by atoms with van der Waals surface area (Å²) in [6.07, 6.45) is 5.74. The van der Waals surface area contributed by atoms with Crippen LogP contribution in [0.15, 0.2) is 42.5 Å². The Bertz CT molecular complexity index is 1060. The third-order valence-electron chi connectivity index (χ3n) is 4.83. The summed E-state index contributed by atoms with van der Waals surface area (Å²) in [6.45, 7) is 5.51. The first-order valence-electron chi connectivity index (χ1n) is 10.3. The molecule has 32 heavy (non-hydrogen) atoms. The van der Waals surface area contributed by atoms with Crippen LogP contribution >= 0.6 is 0 Å². The van der Waals surface area contributed by atoms with Gasteiger partial charge in [0.25, 0.3) is 0 Å². The van der Waals surface area contributed by atoms with Crippen molar-refractivity contribution in [1.29, 1.82) is 0 Å². The normalized spacial score (nSPS) is 12.1. The van der Waals surface area contributed by atoms with Crippen molar-refractivity contribution in [1.82, 2.24) is 10.0 Å². The third-order valence-corrected chi connectivity index (χ3v) is 6.63. The van der Waals surface area contributed by atoms with Crippen LogP contribution < -0.4 is 19.5 Å². The fraction of sp³-hybridized carbons (Fsp3) is 0.375. The number of ether oxygens (including phenoxy) is 2. The smallest absolute Gasteiger partial charge is 0.242 e. The van der Waals surface area contributed by atoms with Gasteiger partial charge in [0.05, 0.1) is 12.4 Å². The van der Waals surface area contributed by atoms with Crippen LogP contribution in [0.4, 0.5) is 0 Å². The second-order valence-corrected chi connectivity index (χ2v) is 9.84. The van der Waals surface area contributed by atoms with Crippen molar-refractivity contribution < 1.29 is 22.7 Å².